The zero-order chi connectivity index (χ0) is 15.6. The Bertz CT molecular complexity index is 740. The van der Waals surface area contributed by atoms with Gasteiger partial charge in [-0.1, -0.05) is 6.07 Å². The van der Waals surface area contributed by atoms with Gasteiger partial charge in [0.2, 0.25) is 0 Å². The molecule has 0 radical (unpaired) electrons. The molecule has 2 rings (SSSR count). The Labute approximate surface area is 132 Å². The smallest absolute Gasteiger partial charge is 0.263 e. The van der Waals surface area contributed by atoms with Crippen LogP contribution in [0.15, 0.2) is 40.0 Å². The Hall–Kier alpha value is -1.38. The minimum atomic E-state index is -3.67. The van der Waals surface area contributed by atoms with Crippen LogP contribution in [0, 0.1) is 0 Å². The maximum Gasteiger partial charge on any atom is 0.263 e. The van der Waals surface area contributed by atoms with Crippen LogP contribution in [-0.2, 0) is 16.6 Å². The predicted octanol–water partition coefficient (Wildman–Crippen LogP) is 2.49. The molecule has 0 aliphatic carbocycles. The van der Waals surface area contributed by atoms with Crippen molar-refractivity contribution >= 4 is 31.6 Å². The fourth-order valence-corrected chi connectivity index (χ4v) is 3.93. The van der Waals surface area contributed by atoms with Crippen molar-refractivity contribution in [3.63, 3.8) is 0 Å². The molecule has 2 aromatic rings. The lowest BCUT2D eigenvalue weighted by molar-refractivity contribution is 0.532. The van der Waals surface area contributed by atoms with Crippen molar-refractivity contribution in [2.45, 2.75) is 31.3 Å². The average molecular weight is 373 g/mol. The van der Waals surface area contributed by atoms with Gasteiger partial charge in [0.05, 0.1) is 11.9 Å². The van der Waals surface area contributed by atoms with Crippen molar-refractivity contribution in [3.8, 4) is 0 Å². The van der Waals surface area contributed by atoms with Gasteiger partial charge in [0, 0.05) is 23.3 Å². The average Bonchev–Trinajstić information content (AvgIpc) is 2.86. The largest absolute Gasteiger partial charge is 0.326 e. The third-order valence-corrected chi connectivity index (χ3v) is 5.26. The van der Waals surface area contributed by atoms with Gasteiger partial charge in [-0.25, -0.2) is 8.42 Å². The second-order valence-electron chi connectivity index (χ2n) is 4.88. The van der Waals surface area contributed by atoms with Crippen LogP contribution < -0.4 is 10.5 Å². The van der Waals surface area contributed by atoms with Crippen LogP contribution in [0.2, 0.25) is 0 Å². The van der Waals surface area contributed by atoms with E-state index in [9.17, 15) is 8.42 Å². The van der Waals surface area contributed by atoms with E-state index in [0.29, 0.717) is 16.7 Å². The van der Waals surface area contributed by atoms with Crippen LogP contribution in [0.1, 0.15) is 25.5 Å². The summed E-state index contributed by atoms with van der Waals surface area (Å²) in [7, 11) is -3.67. The summed E-state index contributed by atoms with van der Waals surface area (Å²) >= 11 is 3.27. The molecular formula is C13H17BrN4O2S. The highest BCUT2D eigenvalue weighted by Crippen LogP contribution is 2.25. The Balaban J connectivity index is 2.29. The molecule has 1 heterocycles. The molecule has 3 N–H and O–H groups in total. The standard InChI is InChI=1S/C13H17BrN4O2S/c1-9(2)18-8-11(7-16-18)17-21(19,20)13-4-3-10(6-15)5-12(13)14/h3-5,7-9,17H,6,15H2,1-2H3. The van der Waals surface area contributed by atoms with Gasteiger partial charge in [-0.15, -0.1) is 0 Å². The third-order valence-electron chi connectivity index (χ3n) is 2.90. The fraction of sp³-hybridized carbons (Fsp3) is 0.308. The SMILES string of the molecule is CC(C)n1cc(NS(=O)(=O)c2ccc(CN)cc2Br)cn1. The molecule has 0 aliphatic heterocycles. The predicted molar refractivity (Wildman–Crippen MR) is 85.5 cm³/mol. The van der Waals surface area contributed by atoms with Gasteiger partial charge in [-0.3, -0.25) is 9.40 Å². The summed E-state index contributed by atoms with van der Waals surface area (Å²) in [6.45, 7) is 4.29. The first-order valence-electron chi connectivity index (χ1n) is 6.39. The molecule has 6 nitrogen and oxygen atoms in total. The Morgan fingerprint density at radius 2 is 2.14 bits per heavy atom. The molecule has 0 atom stereocenters. The van der Waals surface area contributed by atoms with E-state index in [0.717, 1.165) is 5.56 Å². The van der Waals surface area contributed by atoms with Crippen LogP contribution in [0.5, 0.6) is 0 Å². The summed E-state index contributed by atoms with van der Waals surface area (Å²) in [5, 5.41) is 4.10. The van der Waals surface area contributed by atoms with E-state index in [1.165, 1.54) is 12.3 Å². The van der Waals surface area contributed by atoms with E-state index in [4.69, 9.17) is 5.73 Å². The van der Waals surface area contributed by atoms with Crippen LogP contribution in [0.4, 0.5) is 5.69 Å². The summed E-state index contributed by atoms with van der Waals surface area (Å²) < 4.78 is 29.5. The van der Waals surface area contributed by atoms with Crippen molar-refractivity contribution < 1.29 is 8.42 Å². The Kier molecular flexibility index (Phi) is 4.70. The highest BCUT2D eigenvalue weighted by atomic mass is 79.9. The number of benzene rings is 1. The molecule has 0 fully saturated rings. The van der Waals surface area contributed by atoms with Gasteiger partial charge in [0.15, 0.2) is 0 Å². The number of anilines is 1. The number of hydrogen-bond acceptors (Lipinski definition) is 4. The maximum atomic E-state index is 12.4. The number of sulfonamides is 1. The molecule has 0 amide bonds. The molecule has 1 aromatic carbocycles. The second-order valence-corrected chi connectivity index (χ2v) is 7.38. The summed E-state index contributed by atoms with van der Waals surface area (Å²) in [6, 6.07) is 5.09. The Morgan fingerprint density at radius 3 is 2.67 bits per heavy atom. The van der Waals surface area contributed by atoms with E-state index in [1.54, 1.807) is 23.0 Å². The van der Waals surface area contributed by atoms with Crippen molar-refractivity contribution in [1.82, 2.24) is 9.78 Å². The lowest BCUT2D eigenvalue weighted by Crippen LogP contribution is -2.13. The van der Waals surface area contributed by atoms with Crippen LogP contribution in [0.3, 0.4) is 0 Å². The molecule has 8 heteroatoms. The van der Waals surface area contributed by atoms with Gasteiger partial charge in [0.1, 0.15) is 4.90 Å². The van der Waals surface area contributed by atoms with Crippen molar-refractivity contribution in [2.75, 3.05) is 4.72 Å². The molecule has 21 heavy (non-hydrogen) atoms. The summed E-state index contributed by atoms with van der Waals surface area (Å²) in [4.78, 5) is 0.164. The topological polar surface area (TPSA) is 90.0 Å². The first kappa shape index (κ1) is 16.0. The molecule has 0 saturated heterocycles. The van der Waals surface area contributed by atoms with Crippen LogP contribution in [-0.4, -0.2) is 18.2 Å². The molecule has 0 bridgehead atoms. The maximum absolute atomic E-state index is 12.4. The number of hydrogen-bond donors (Lipinski definition) is 2. The summed E-state index contributed by atoms with van der Waals surface area (Å²) in [5.74, 6) is 0. The minimum Gasteiger partial charge on any atom is -0.326 e. The third kappa shape index (κ3) is 3.63. The highest BCUT2D eigenvalue weighted by Gasteiger charge is 2.19. The number of rotatable bonds is 5. The molecule has 0 unspecified atom stereocenters. The van der Waals surface area contributed by atoms with Gasteiger partial charge in [0.25, 0.3) is 10.0 Å². The van der Waals surface area contributed by atoms with Crippen molar-refractivity contribution in [3.05, 3.63) is 40.6 Å². The zero-order valence-electron chi connectivity index (χ0n) is 11.7. The minimum absolute atomic E-state index is 0.164. The van der Waals surface area contributed by atoms with E-state index in [-0.39, 0.29) is 10.9 Å². The van der Waals surface area contributed by atoms with Gasteiger partial charge in [-0.05, 0) is 47.5 Å². The highest BCUT2D eigenvalue weighted by molar-refractivity contribution is 9.10. The Morgan fingerprint density at radius 1 is 1.43 bits per heavy atom. The summed E-state index contributed by atoms with van der Waals surface area (Å²) in [5.41, 5.74) is 6.82. The number of nitrogens with two attached hydrogens (primary N) is 1. The van der Waals surface area contributed by atoms with E-state index < -0.39 is 10.0 Å². The van der Waals surface area contributed by atoms with Gasteiger partial charge < -0.3 is 5.73 Å². The van der Waals surface area contributed by atoms with E-state index in [2.05, 4.69) is 25.8 Å². The van der Waals surface area contributed by atoms with Gasteiger partial charge >= 0.3 is 0 Å². The molecule has 0 aliphatic rings. The second kappa shape index (κ2) is 6.17. The van der Waals surface area contributed by atoms with Crippen molar-refractivity contribution in [2.24, 2.45) is 5.73 Å². The molecule has 0 spiro atoms. The monoisotopic (exact) mass is 372 g/mol. The molecule has 114 valence electrons. The first-order chi connectivity index (χ1) is 9.83. The fourth-order valence-electron chi connectivity index (χ4n) is 1.77. The van der Waals surface area contributed by atoms with Crippen molar-refractivity contribution in [1.29, 1.82) is 0 Å². The zero-order valence-corrected chi connectivity index (χ0v) is 14.1. The lowest BCUT2D eigenvalue weighted by Gasteiger charge is -2.09. The first-order valence-corrected chi connectivity index (χ1v) is 8.66. The summed E-state index contributed by atoms with van der Waals surface area (Å²) in [6.07, 6.45) is 3.14. The van der Waals surface area contributed by atoms with Crippen LogP contribution in [0.25, 0.3) is 0 Å². The number of halogens is 1. The quantitative estimate of drug-likeness (QED) is 0.843. The van der Waals surface area contributed by atoms with Gasteiger partial charge in [-0.2, -0.15) is 5.10 Å². The molecule has 1 aromatic heterocycles. The molecule has 0 saturated carbocycles. The number of nitrogens with one attached hydrogen (secondary N) is 1. The number of nitrogens with zero attached hydrogens (tertiary/aromatic N) is 2. The molecular weight excluding hydrogens is 356 g/mol. The lowest BCUT2D eigenvalue weighted by atomic mass is 10.2. The number of aromatic nitrogens is 2. The van der Waals surface area contributed by atoms with E-state index in [1.807, 2.05) is 13.8 Å². The van der Waals surface area contributed by atoms with E-state index >= 15 is 0 Å². The normalized spacial score (nSPS) is 11.9. The van der Waals surface area contributed by atoms with Crippen LogP contribution >= 0.6 is 15.9 Å².